The van der Waals surface area contributed by atoms with Crippen LogP contribution in [-0.4, -0.2) is 47.7 Å². The Balaban J connectivity index is 2.34. The van der Waals surface area contributed by atoms with Gasteiger partial charge in [0.1, 0.15) is 6.04 Å². The number of unbranched alkanes of at least 4 members (excludes halogenated alkanes) is 2. The quantitative estimate of drug-likeness (QED) is 0.593. The highest BCUT2D eigenvalue weighted by Gasteiger charge is 2.15. The maximum absolute atomic E-state index is 12.0. The number of nitrogens with zero attached hydrogens (tertiary/aromatic N) is 3. The fourth-order valence-electron chi connectivity index (χ4n) is 1.83. The van der Waals surface area contributed by atoms with E-state index in [0.29, 0.717) is 13.2 Å². The zero-order valence-electron chi connectivity index (χ0n) is 13.3. The van der Waals surface area contributed by atoms with Gasteiger partial charge in [0.15, 0.2) is 0 Å². The highest BCUT2D eigenvalue weighted by Crippen LogP contribution is 2.05. The second-order valence-corrected chi connectivity index (χ2v) is 5.03. The van der Waals surface area contributed by atoms with Gasteiger partial charge in [-0.25, -0.2) is 4.68 Å². The third kappa shape index (κ3) is 6.68. The first-order valence-corrected chi connectivity index (χ1v) is 7.57. The minimum Gasteiger partial charge on any atom is -0.383 e. The summed E-state index contributed by atoms with van der Waals surface area (Å²) in [6.07, 6.45) is 5.10. The lowest BCUT2D eigenvalue weighted by Crippen LogP contribution is -2.32. The van der Waals surface area contributed by atoms with Crippen LogP contribution in [0.5, 0.6) is 0 Å². The highest BCUT2D eigenvalue weighted by atomic mass is 16.5. The van der Waals surface area contributed by atoms with Crippen LogP contribution in [0.1, 0.15) is 44.8 Å². The molecule has 0 fully saturated rings. The maximum atomic E-state index is 12.0. The van der Waals surface area contributed by atoms with E-state index in [4.69, 9.17) is 4.74 Å². The first kappa shape index (κ1) is 17.6. The maximum Gasteiger partial charge on any atom is 0.244 e. The molecular weight excluding hydrogens is 270 g/mol. The lowest BCUT2D eigenvalue weighted by Gasteiger charge is -2.11. The molecule has 1 atom stereocenters. The molecule has 1 rings (SSSR count). The van der Waals surface area contributed by atoms with Gasteiger partial charge in [-0.2, -0.15) is 0 Å². The van der Waals surface area contributed by atoms with E-state index in [2.05, 4.69) is 27.9 Å². The van der Waals surface area contributed by atoms with E-state index in [0.717, 1.165) is 38.0 Å². The van der Waals surface area contributed by atoms with Crippen LogP contribution < -0.4 is 10.6 Å². The Labute approximate surface area is 126 Å². The number of carbonyl (C=O) groups excluding carboxylic acids is 1. The first-order valence-electron chi connectivity index (χ1n) is 7.57. The predicted molar refractivity (Wildman–Crippen MR) is 80.9 cm³/mol. The standard InChI is InChI=1S/C14H27N5O2/c1-4-5-6-7-16-14(20)12(2)19-11-13(17-18-19)10-15-8-9-21-3/h11-12,15H,4-10H2,1-3H3,(H,16,20). The molecule has 0 saturated heterocycles. The number of amides is 1. The molecular formula is C14H27N5O2. The largest absolute Gasteiger partial charge is 0.383 e. The van der Waals surface area contributed by atoms with Crippen molar-refractivity contribution in [2.75, 3.05) is 26.8 Å². The molecule has 0 bridgehead atoms. The number of carbonyl (C=O) groups is 1. The van der Waals surface area contributed by atoms with E-state index in [1.807, 2.05) is 6.92 Å². The summed E-state index contributed by atoms with van der Waals surface area (Å²) in [5.41, 5.74) is 0.816. The van der Waals surface area contributed by atoms with Gasteiger partial charge in [-0.15, -0.1) is 5.10 Å². The number of rotatable bonds is 11. The molecule has 120 valence electrons. The third-order valence-corrected chi connectivity index (χ3v) is 3.20. The lowest BCUT2D eigenvalue weighted by atomic mass is 10.2. The van der Waals surface area contributed by atoms with Crippen LogP contribution >= 0.6 is 0 Å². The van der Waals surface area contributed by atoms with Crippen molar-refractivity contribution in [1.82, 2.24) is 25.6 Å². The van der Waals surface area contributed by atoms with Crippen molar-refractivity contribution in [3.05, 3.63) is 11.9 Å². The van der Waals surface area contributed by atoms with Gasteiger partial charge in [0.05, 0.1) is 18.5 Å². The monoisotopic (exact) mass is 297 g/mol. The van der Waals surface area contributed by atoms with Gasteiger partial charge in [0.25, 0.3) is 0 Å². The molecule has 1 aromatic rings. The van der Waals surface area contributed by atoms with E-state index < -0.39 is 0 Å². The molecule has 2 N–H and O–H groups in total. The fourth-order valence-corrected chi connectivity index (χ4v) is 1.83. The Bertz CT molecular complexity index is 408. The average molecular weight is 297 g/mol. The van der Waals surface area contributed by atoms with Gasteiger partial charge in [0, 0.05) is 26.7 Å². The van der Waals surface area contributed by atoms with Crippen molar-refractivity contribution >= 4 is 5.91 Å². The second-order valence-electron chi connectivity index (χ2n) is 5.03. The van der Waals surface area contributed by atoms with Crippen molar-refractivity contribution in [1.29, 1.82) is 0 Å². The van der Waals surface area contributed by atoms with Crippen LogP contribution in [0.15, 0.2) is 6.20 Å². The van der Waals surface area contributed by atoms with E-state index in [-0.39, 0.29) is 11.9 Å². The van der Waals surface area contributed by atoms with Crippen LogP contribution in [0, 0.1) is 0 Å². The second kappa shape index (κ2) is 10.3. The van der Waals surface area contributed by atoms with Crippen molar-refractivity contribution in [3.63, 3.8) is 0 Å². The Hall–Kier alpha value is -1.47. The number of nitrogens with one attached hydrogen (secondary N) is 2. The van der Waals surface area contributed by atoms with E-state index in [1.165, 1.54) is 0 Å². The predicted octanol–water partition coefficient (Wildman–Crippen LogP) is 0.882. The van der Waals surface area contributed by atoms with Gasteiger partial charge in [-0.1, -0.05) is 25.0 Å². The summed E-state index contributed by atoms with van der Waals surface area (Å²) in [5, 5.41) is 14.2. The van der Waals surface area contributed by atoms with Crippen LogP contribution in [0.25, 0.3) is 0 Å². The Kier molecular flexibility index (Phi) is 8.61. The van der Waals surface area contributed by atoms with Crippen LogP contribution in [-0.2, 0) is 16.1 Å². The van der Waals surface area contributed by atoms with Crippen LogP contribution in [0.4, 0.5) is 0 Å². The zero-order valence-corrected chi connectivity index (χ0v) is 13.3. The molecule has 21 heavy (non-hydrogen) atoms. The normalized spacial score (nSPS) is 12.3. The SMILES string of the molecule is CCCCCNC(=O)C(C)n1cc(CNCCOC)nn1. The minimum atomic E-state index is -0.341. The molecule has 7 nitrogen and oxygen atoms in total. The van der Waals surface area contributed by atoms with Crippen molar-refractivity contribution in [2.24, 2.45) is 0 Å². The summed E-state index contributed by atoms with van der Waals surface area (Å²) in [6.45, 7) is 6.72. The summed E-state index contributed by atoms with van der Waals surface area (Å²) in [6, 6.07) is -0.341. The molecule has 0 aliphatic carbocycles. The summed E-state index contributed by atoms with van der Waals surface area (Å²) in [4.78, 5) is 12.0. The number of ether oxygens (including phenoxy) is 1. The van der Waals surface area contributed by atoms with Gasteiger partial charge < -0.3 is 15.4 Å². The fraction of sp³-hybridized carbons (Fsp3) is 0.786. The molecule has 0 aliphatic rings. The smallest absolute Gasteiger partial charge is 0.244 e. The van der Waals surface area contributed by atoms with Gasteiger partial charge in [0.2, 0.25) is 5.91 Å². The third-order valence-electron chi connectivity index (χ3n) is 3.20. The van der Waals surface area contributed by atoms with Gasteiger partial charge in [-0.05, 0) is 13.3 Å². The molecule has 0 aromatic carbocycles. The molecule has 0 aliphatic heterocycles. The number of hydrogen-bond acceptors (Lipinski definition) is 5. The highest BCUT2D eigenvalue weighted by molar-refractivity contribution is 5.79. The molecule has 0 radical (unpaired) electrons. The van der Waals surface area contributed by atoms with Crippen LogP contribution in [0.3, 0.4) is 0 Å². The van der Waals surface area contributed by atoms with Gasteiger partial charge >= 0.3 is 0 Å². The Morgan fingerprint density at radius 3 is 2.95 bits per heavy atom. The Morgan fingerprint density at radius 1 is 1.43 bits per heavy atom. The topological polar surface area (TPSA) is 81.1 Å². The van der Waals surface area contributed by atoms with E-state index in [1.54, 1.807) is 18.0 Å². The summed E-state index contributed by atoms with van der Waals surface area (Å²) < 4.78 is 6.55. The van der Waals surface area contributed by atoms with E-state index >= 15 is 0 Å². The first-order chi connectivity index (χ1) is 10.2. The molecule has 0 saturated carbocycles. The van der Waals surface area contributed by atoms with Gasteiger partial charge in [-0.3, -0.25) is 4.79 Å². The lowest BCUT2D eigenvalue weighted by molar-refractivity contribution is -0.124. The van der Waals surface area contributed by atoms with Crippen LogP contribution in [0.2, 0.25) is 0 Å². The summed E-state index contributed by atoms with van der Waals surface area (Å²) >= 11 is 0. The summed E-state index contributed by atoms with van der Waals surface area (Å²) in [7, 11) is 1.67. The molecule has 7 heteroatoms. The number of hydrogen-bond donors (Lipinski definition) is 2. The molecule has 1 aromatic heterocycles. The van der Waals surface area contributed by atoms with Crippen molar-refractivity contribution in [2.45, 2.75) is 45.7 Å². The minimum absolute atomic E-state index is 0.0186. The molecule has 0 spiro atoms. The van der Waals surface area contributed by atoms with E-state index in [9.17, 15) is 4.79 Å². The molecule has 1 amide bonds. The molecule has 1 unspecified atom stereocenters. The Morgan fingerprint density at radius 2 is 2.24 bits per heavy atom. The average Bonchev–Trinajstić information content (AvgIpc) is 2.96. The summed E-state index contributed by atoms with van der Waals surface area (Å²) in [5.74, 6) is -0.0186. The zero-order chi connectivity index (χ0) is 15.5. The number of methoxy groups -OCH3 is 1. The van der Waals surface area contributed by atoms with Crippen molar-refractivity contribution < 1.29 is 9.53 Å². The number of aromatic nitrogens is 3. The molecule has 1 heterocycles. The van der Waals surface area contributed by atoms with Crippen molar-refractivity contribution in [3.8, 4) is 0 Å².